The fourth-order valence-corrected chi connectivity index (χ4v) is 5.00. The van der Waals surface area contributed by atoms with Crippen LogP contribution in [0.3, 0.4) is 0 Å². The maximum Gasteiger partial charge on any atom is 0.230 e. The Balaban J connectivity index is 1.76. The summed E-state index contributed by atoms with van der Waals surface area (Å²) in [6.07, 6.45) is 0.750. The van der Waals surface area contributed by atoms with E-state index >= 15 is 0 Å². The number of rotatable bonds is 5. The number of aromatic hydroxyl groups is 1. The molecule has 0 unspecified atom stereocenters. The molecule has 3 aromatic rings. The van der Waals surface area contributed by atoms with Gasteiger partial charge in [0.25, 0.3) is 0 Å². The van der Waals surface area contributed by atoms with E-state index in [4.69, 9.17) is 11.6 Å². The number of halogens is 1. The van der Waals surface area contributed by atoms with Gasteiger partial charge < -0.3 is 10.0 Å². The highest BCUT2D eigenvalue weighted by Gasteiger charge is 2.31. The van der Waals surface area contributed by atoms with Gasteiger partial charge >= 0.3 is 0 Å². The Bertz CT molecular complexity index is 931. The van der Waals surface area contributed by atoms with Gasteiger partial charge in [0.2, 0.25) is 10.8 Å². The first-order chi connectivity index (χ1) is 13.1. The van der Waals surface area contributed by atoms with Crippen LogP contribution in [-0.2, 0) is 6.42 Å². The topological polar surface area (TPSA) is 56.9 Å². The average Bonchev–Trinajstić information content (AvgIpc) is 3.22. The average molecular weight is 406 g/mol. The van der Waals surface area contributed by atoms with Crippen LogP contribution in [0.15, 0.2) is 24.3 Å². The van der Waals surface area contributed by atoms with E-state index in [-0.39, 0.29) is 11.9 Å². The molecule has 1 N–H and O–H groups in total. The Morgan fingerprint density at radius 1 is 1.22 bits per heavy atom. The molecule has 144 valence electrons. The van der Waals surface area contributed by atoms with Crippen molar-refractivity contribution in [2.45, 2.75) is 26.3 Å². The quantitative estimate of drug-likeness (QED) is 0.704. The molecular weight excluding hydrogens is 382 g/mol. The van der Waals surface area contributed by atoms with E-state index in [0.717, 1.165) is 60.4 Å². The molecule has 8 heteroatoms. The lowest BCUT2D eigenvalue weighted by atomic mass is 10.0. The van der Waals surface area contributed by atoms with Gasteiger partial charge in [0.15, 0.2) is 5.82 Å². The van der Waals surface area contributed by atoms with E-state index in [1.807, 2.05) is 25.1 Å². The van der Waals surface area contributed by atoms with Gasteiger partial charge in [0.1, 0.15) is 0 Å². The molecule has 0 amide bonds. The summed E-state index contributed by atoms with van der Waals surface area (Å²) in [6, 6.07) is 7.87. The smallest absolute Gasteiger partial charge is 0.230 e. The molecule has 1 fully saturated rings. The van der Waals surface area contributed by atoms with Crippen LogP contribution in [0.2, 0.25) is 5.02 Å². The summed E-state index contributed by atoms with van der Waals surface area (Å²) in [5, 5.41) is 16.1. The molecule has 4 rings (SSSR count). The number of hydrogen-bond donors (Lipinski definition) is 1. The van der Waals surface area contributed by atoms with Crippen molar-refractivity contribution in [2.75, 3.05) is 32.7 Å². The Morgan fingerprint density at radius 2 is 2.00 bits per heavy atom. The van der Waals surface area contributed by atoms with Crippen molar-refractivity contribution in [3.8, 4) is 5.88 Å². The van der Waals surface area contributed by atoms with E-state index in [1.165, 1.54) is 11.3 Å². The molecule has 1 aliphatic heterocycles. The Labute approximate surface area is 168 Å². The van der Waals surface area contributed by atoms with Gasteiger partial charge in [-0.25, -0.2) is 4.98 Å². The van der Waals surface area contributed by atoms with E-state index in [9.17, 15) is 5.11 Å². The first-order valence-electron chi connectivity index (χ1n) is 9.39. The maximum atomic E-state index is 10.9. The van der Waals surface area contributed by atoms with Gasteiger partial charge in [-0.3, -0.25) is 4.90 Å². The second-order valence-corrected chi connectivity index (χ2v) is 8.24. The molecule has 1 aromatic carbocycles. The second kappa shape index (κ2) is 7.75. The fraction of sp³-hybridized carbons (Fsp3) is 0.474. The van der Waals surface area contributed by atoms with E-state index in [1.54, 1.807) is 4.52 Å². The number of piperazine rings is 1. The lowest BCUT2D eigenvalue weighted by Gasteiger charge is -2.38. The largest absolute Gasteiger partial charge is 0.492 e. The molecular formula is C19H24ClN5OS. The number of aromatic nitrogens is 3. The van der Waals surface area contributed by atoms with Gasteiger partial charge in [0, 0.05) is 37.6 Å². The van der Waals surface area contributed by atoms with Crippen molar-refractivity contribution in [2.24, 2.45) is 0 Å². The van der Waals surface area contributed by atoms with Crippen LogP contribution in [0.25, 0.3) is 4.96 Å². The van der Waals surface area contributed by atoms with Gasteiger partial charge in [-0.05, 0) is 24.2 Å². The number of aryl methyl sites for hydroxylation is 1. The number of benzene rings is 1. The molecule has 1 aliphatic rings. The fourth-order valence-electron chi connectivity index (χ4n) is 3.66. The molecule has 1 atom stereocenters. The van der Waals surface area contributed by atoms with E-state index < -0.39 is 0 Å². The van der Waals surface area contributed by atoms with Crippen molar-refractivity contribution < 1.29 is 5.11 Å². The predicted octanol–water partition coefficient (Wildman–Crippen LogP) is 3.44. The third-order valence-electron chi connectivity index (χ3n) is 5.19. The zero-order valence-electron chi connectivity index (χ0n) is 15.6. The molecule has 0 saturated carbocycles. The molecule has 0 aliphatic carbocycles. The zero-order chi connectivity index (χ0) is 19.0. The van der Waals surface area contributed by atoms with Crippen molar-refractivity contribution >= 4 is 27.9 Å². The van der Waals surface area contributed by atoms with Crippen LogP contribution >= 0.6 is 22.9 Å². The number of likely N-dealkylation sites (N-methyl/N-ethyl adjacent to an activating group) is 1. The Morgan fingerprint density at radius 3 is 2.63 bits per heavy atom. The maximum absolute atomic E-state index is 10.9. The monoisotopic (exact) mass is 405 g/mol. The molecule has 0 spiro atoms. The molecule has 2 aromatic heterocycles. The Kier molecular flexibility index (Phi) is 5.36. The minimum Gasteiger partial charge on any atom is -0.492 e. The lowest BCUT2D eigenvalue weighted by Crippen LogP contribution is -2.47. The minimum atomic E-state index is -0.0544. The minimum absolute atomic E-state index is 0.0544. The molecule has 1 saturated heterocycles. The van der Waals surface area contributed by atoms with Crippen molar-refractivity contribution in [1.82, 2.24) is 24.4 Å². The summed E-state index contributed by atoms with van der Waals surface area (Å²) >= 11 is 7.79. The van der Waals surface area contributed by atoms with Crippen LogP contribution in [0.4, 0.5) is 0 Å². The summed E-state index contributed by atoms with van der Waals surface area (Å²) < 4.78 is 1.57. The summed E-state index contributed by atoms with van der Waals surface area (Å²) in [6.45, 7) is 9.21. The molecule has 6 nitrogen and oxygen atoms in total. The van der Waals surface area contributed by atoms with E-state index in [2.05, 4.69) is 32.9 Å². The standard InChI is InChI=1S/C19H24ClN5OS/c1-3-15-21-19-25(22-15)18(26)17(27-19)16(13-6-5-7-14(20)12-13)24-10-8-23(4-2)9-11-24/h5-7,12,16,26H,3-4,8-11H2,1-2H3/t16-/m0/s1. The normalized spacial score (nSPS) is 17.6. The van der Waals surface area contributed by atoms with E-state index in [0.29, 0.717) is 5.02 Å². The van der Waals surface area contributed by atoms with Crippen LogP contribution in [0.5, 0.6) is 5.88 Å². The number of hydrogen-bond acceptors (Lipinski definition) is 6. The van der Waals surface area contributed by atoms with Gasteiger partial charge in [0.05, 0.1) is 10.9 Å². The summed E-state index contributed by atoms with van der Waals surface area (Å²) in [5.74, 6) is 0.934. The molecule has 0 bridgehead atoms. The number of nitrogens with zero attached hydrogens (tertiary/aromatic N) is 5. The molecule has 27 heavy (non-hydrogen) atoms. The van der Waals surface area contributed by atoms with Crippen molar-refractivity contribution in [3.63, 3.8) is 0 Å². The zero-order valence-corrected chi connectivity index (χ0v) is 17.2. The third-order valence-corrected chi connectivity index (χ3v) is 6.50. The van der Waals surface area contributed by atoms with Crippen LogP contribution < -0.4 is 0 Å². The SMILES string of the molecule is CCc1nc2sc([C@H](c3cccc(Cl)c3)N3CCN(CC)CC3)c(O)n2n1. The van der Waals surface area contributed by atoms with Gasteiger partial charge in [-0.1, -0.05) is 48.9 Å². The first-order valence-corrected chi connectivity index (χ1v) is 10.6. The van der Waals surface area contributed by atoms with Crippen LogP contribution in [-0.4, -0.2) is 62.2 Å². The molecule has 0 radical (unpaired) electrons. The van der Waals surface area contributed by atoms with Crippen molar-refractivity contribution in [1.29, 1.82) is 0 Å². The summed E-state index contributed by atoms with van der Waals surface area (Å²) in [5.41, 5.74) is 1.09. The van der Waals surface area contributed by atoms with Gasteiger partial charge in [-0.2, -0.15) is 4.52 Å². The predicted molar refractivity (Wildman–Crippen MR) is 109 cm³/mol. The lowest BCUT2D eigenvalue weighted by molar-refractivity contribution is 0.113. The third kappa shape index (κ3) is 3.57. The highest BCUT2D eigenvalue weighted by atomic mass is 35.5. The molecule has 3 heterocycles. The number of fused-ring (bicyclic) bond motifs is 1. The second-order valence-electron chi connectivity index (χ2n) is 6.79. The van der Waals surface area contributed by atoms with Crippen LogP contribution in [0, 0.1) is 0 Å². The first kappa shape index (κ1) is 18.7. The Hall–Kier alpha value is -1.67. The highest BCUT2D eigenvalue weighted by Crippen LogP contribution is 2.40. The highest BCUT2D eigenvalue weighted by molar-refractivity contribution is 7.17. The van der Waals surface area contributed by atoms with Gasteiger partial charge in [-0.15, -0.1) is 5.10 Å². The van der Waals surface area contributed by atoms with Crippen LogP contribution in [0.1, 0.15) is 36.2 Å². The van der Waals surface area contributed by atoms with Crippen molar-refractivity contribution in [3.05, 3.63) is 45.6 Å². The number of thiazole rings is 1. The summed E-state index contributed by atoms with van der Waals surface area (Å²) in [7, 11) is 0. The summed E-state index contributed by atoms with van der Waals surface area (Å²) in [4.78, 5) is 11.0.